The first kappa shape index (κ1) is 30.4. The molecule has 0 saturated heterocycles. The van der Waals surface area contributed by atoms with E-state index in [2.05, 4.69) is 24.4 Å². The summed E-state index contributed by atoms with van der Waals surface area (Å²) in [7, 11) is 0. The molecule has 0 spiro atoms. The van der Waals surface area contributed by atoms with Gasteiger partial charge in [-0.1, -0.05) is 31.2 Å². The lowest BCUT2D eigenvalue weighted by atomic mass is 9.88. The molecule has 1 aliphatic heterocycles. The molecule has 2 N–H and O–H groups in total. The van der Waals surface area contributed by atoms with Crippen molar-refractivity contribution in [1.29, 1.82) is 0 Å². The Bertz CT molecular complexity index is 1430. The van der Waals surface area contributed by atoms with E-state index in [9.17, 15) is 27.2 Å². The lowest BCUT2D eigenvalue weighted by Gasteiger charge is -2.29. The highest BCUT2D eigenvalue weighted by Gasteiger charge is 2.34. The second kappa shape index (κ2) is 12.8. The fraction of sp³-hybridized carbons (Fsp3) is 0.290. The van der Waals surface area contributed by atoms with Crippen LogP contribution in [0.1, 0.15) is 75.2 Å². The molecule has 0 amide bonds. The zero-order valence-electron chi connectivity index (χ0n) is 22.7. The van der Waals surface area contributed by atoms with Crippen molar-refractivity contribution < 1.29 is 37.0 Å². The van der Waals surface area contributed by atoms with Crippen LogP contribution in [0.5, 0.6) is 0 Å². The zero-order valence-corrected chi connectivity index (χ0v) is 22.7. The Morgan fingerprint density at radius 1 is 1.02 bits per heavy atom. The number of carboxylic acid groups (broad SMARTS) is 1. The van der Waals surface area contributed by atoms with Crippen LogP contribution in [-0.4, -0.2) is 29.7 Å². The number of rotatable bonds is 5. The van der Waals surface area contributed by atoms with Gasteiger partial charge in [0.25, 0.3) is 0 Å². The van der Waals surface area contributed by atoms with Crippen molar-refractivity contribution in [2.75, 3.05) is 11.9 Å². The summed E-state index contributed by atoms with van der Waals surface area (Å²) in [6.07, 6.45) is -1.35. The molecular formula is C31H31F4NO4. The van der Waals surface area contributed by atoms with E-state index in [-0.39, 0.29) is 23.8 Å². The molecule has 3 aromatic rings. The van der Waals surface area contributed by atoms with Crippen molar-refractivity contribution in [2.45, 2.75) is 52.8 Å². The van der Waals surface area contributed by atoms with Gasteiger partial charge in [-0.15, -0.1) is 0 Å². The molecule has 1 atom stereocenters. The Balaban J connectivity index is 0.000000267. The number of hydrogen-bond acceptors (Lipinski definition) is 4. The first-order valence-corrected chi connectivity index (χ1v) is 12.8. The van der Waals surface area contributed by atoms with Gasteiger partial charge in [0.1, 0.15) is 5.82 Å². The number of carbonyl (C=O) groups excluding carboxylic acids is 1. The molecule has 1 unspecified atom stereocenters. The summed E-state index contributed by atoms with van der Waals surface area (Å²) in [5.74, 6) is -2.98. The van der Waals surface area contributed by atoms with Gasteiger partial charge in [-0.3, -0.25) is 0 Å². The lowest BCUT2D eigenvalue weighted by molar-refractivity contribution is -0.140. The summed E-state index contributed by atoms with van der Waals surface area (Å²) in [5.41, 5.74) is 4.42. The number of hydrogen-bond donors (Lipinski definition) is 2. The van der Waals surface area contributed by atoms with E-state index in [0.29, 0.717) is 12.0 Å². The minimum atomic E-state index is -4.70. The number of carbonyl (C=O) groups is 2. The van der Waals surface area contributed by atoms with E-state index in [4.69, 9.17) is 9.84 Å². The number of nitrogens with one attached hydrogen (secondary N) is 1. The fourth-order valence-corrected chi connectivity index (χ4v) is 4.34. The summed E-state index contributed by atoms with van der Waals surface area (Å²) >= 11 is 0. The van der Waals surface area contributed by atoms with E-state index in [1.165, 1.54) is 18.2 Å². The molecule has 0 fully saturated rings. The predicted octanol–water partition coefficient (Wildman–Crippen LogP) is 8.16. The minimum Gasteiger partial charge on any atom is -0.478 e. The van der Waals surface area contributed by atoms with Crippen LogP contribution in [0.3, 0.4) is 0 Å². The number of ether oxygens (including phenoxy) is 1. The maximum absolute atomic E-state index is 13.5. The largest absolute Gasteiger partial charge is 0.478 e. The number of carboxylic acids is 1. The van der Waals surface area contributed by atoms with Crippen molar-refractivity contribution >= 4 is 29.3 Å². The Kier molecular flexibility index (Phi) is 9.74. The fourth-order valence-electron chi connectivity index (χ4n) is 4.34. The molecule has 0 radical (unpaired) electrons. The highest BCUT2D eigenvalue weighted by atomic mass is 19.4. The van der Waals surface area contributed by atoms with E-state index >= 15 is 0 Å². The molecule has 3 aromatic carbocycles. The third-order valence-electron chi connectivity index (χ3n) is 6.59. The molecule has 212 valence electrons. The monoisotopic (exact) mass is 557 g/mol. The van der Waals surface area contributed by atoms with Crippen LogP contribution in [-0.2, 0) is 10.9 Å². The third-order valence-corrected chi connectivity index (χ3v) is 6.59. The summed E-state index contributed by atoms with van der Waals surface area (Å²) in [5, 5.41) is 12.3. The number of aryl methyl sites for hydroxylation is 2. The maximum Gasteiger partial charge on any atom is 0.419 e. The Labute approximate surface area is 230 Å². The lowest BCUT2D eigenvalue weighted by Crippen LogP contribution is -2.24. The zero-order chi connectivity index (χ0) is 29.6. The Morgan fingerprint density at radius 3 is 2.27 bits per heavy atom. The van der Waals surface area contributed by atoms with Gasteiger partial charge in [-0.2, -0.15) is 13.2 Å². The summed E-state index contributed by atoms with van der Waals surface area (Å²) < 4.78 is 57.2. The molecule has 4 rings (SSSR count). The third kappa shape index (κ3) is 7.28. The van der Waals surface area contributed by atoms with Gasteiger partial charge in [0.2, 0.25) is 0 Å². The number of aromatic carboxylic acids is 1. The summed E-state index contributed by atoms with van der Waals surface area (Å²) in [6.45, 7) is 8.01. The van der Waals surface area contributed by atoms with Gasteiger partial charge in [0.15, 0.2) is 0 Å². The minimum absolute atomic E-state index is 0.0362. The first-order valence-electron chi connectivity index (χ1n) is 12.8. The predicted molar refractivity (Wildman–Crippen MR) is 147 cm³/mol. The van der Waals surface area contributed by atoms with Gasteiger partial charge in [0, 0.05) is 17.3 Å². The standard InChI is InChI=1S/C21H21F4N.C10H10O4/c1-4-16-11-15(17-7-12(2)13(3)8-20(17)26-16)9-14-5-6-19(22)18(10-14)21(23,24)25;1-2-14-10(13)8-6-4-3-5-7(8)9(11)12/h5-10,16,26H,4,11H2,1-3H3;3-6H,2H2,1H3,(H,11,12). The van der Waals surface area contributed by atoms with Crippen molar-refractivity contribution in [3.63, 3.8) is 0 Å². The number of alkyl halides is 3. The quantitative estimate of drug-likeness (QED) is 0.245. The molecular weight excluding hydrogens is 526 g/mol. The first-order chi connectivity index (χ1) is 18.8. The van der Waals surface area contributed by atoms with Crippen LogP contribution in [0.15, 0.2) is 54.6 Å². The van der Waals surface area contributed by atoms with Crippen molar-refractivity contribution in [1.82, 2.24) is 0 Å². The number of halogens is 4. The Hall–Kier alpha value is -4.14. The number of esters is 1. The number of benzene rings is 3. The maximum atomic E-state index is 13.5. The van der Waals surface area contributed by atoms with E-state index in [1.807, 2.05) is 13.8 Å². The second-order valence-electron chi connectivity index (χ2n) is 9.41. The SMILES string of the molecule is CCC1CC(=Cc2ccc(F)c(C(F)(F)F)c2)c2cc(C)c(C)cc2N1.CCOC(=O)c1ccccc1C(=O)O. The molecule has 0 aliphatic carbocycles. The van der Waals surface area contributed by atoms with Crippen LogP contribution in [0.25, 0.3) is 11.6 Å². The number of fused-ring (bicyclic) bond motifs is 1. The van der Waals surface area contributed by atoms with Crippen LogP contribution < -0.4 is 5.32 Å². The van der Waals surface area contributed by atoms with Gasteiger partial charge < -0.3 is 15.2 Å². The molecule has 1 heterocycles. The average molecular weight is 558 g/mol. The van der Waals surface area contributed by atoms with E-state index in [1.54, 1.807) is 25.1 Å². The topological polar surface area (TPSA) is 75.6 Å². The van der Waals surface area contributed by atoms with Gasteiger partial charge in [0.05, 0.1) is 23.3 Å². The number of anilines is 1. The molecule has 1 aliphatic rings. The van der Waals surface area contributed by atoms with Crippen LogP contribution in [0.4, 0.5) is 23.2 Å². The Morgan fingerprint density at radius 2 is 1.68 bits per heavy atom. The molecule has 5 nitrogen and oxygen atoms in total. The van der Waals surface area contributed by atoms with Crippen molar-refractivity contribution in [3.05, 3.63) is 99.4 Å². The van der Waals surface area contributed by atoms with E-state index < -0.39 is 29.5 Å². The van der Waals surface area contributed by atoms with Gasteiger partial charge in [-0.05, 0) is 92.3 Å². The van der Waals surface area contributed by atoms with Crippen molar-refractivity contribution in [2.24, 2.45) is 0 Å². The smallest absolute Gasteiger partial charge is 0.419 e. The van der Waals surface area contributed by atoms with Crippen LogP contribution >= 0.6 is 0 Å². The summed E-state index contributed by atoms with van der Waals surface area (Å²) in [4.78, 5) is 22.0. The van der Waals surface area contributed by atoms with Gasteiger partial charge in [-0.25, -0.2) is 14.0 Å². The molecule has 0 saturated carbocycles. The van der Waals surface area contributed by atoms with Crippen molar-refractivity contribution in [3.8, 4) is 0 Å². The normalized spacial score (nSPS) is 15.4. The molecule has 0 aromatic heterocycles. The van der Waals surface area contributed by atoms with Crippen LogP contribution in [0.2, 0.25) is 0 Å². The second-order valence-corrected chi connectivity index (χ2v) is 9.41. The summed E-state index contributed by atoms with van der Waals surface area (Å²) in [6, 6.07) is 13.5. The molecule has 0 bridgehead atoms. The van der Waals surface area contributed by atoms with Crippen LogP contribution in [0, 0.1) is 19.7 Å². The van der Waals surface area contributed by atoms with E-state index in [0.717, 1.165) is 46.5 Å². The molecule has 40 heavy (non-hydrogen) atoms. The van der Waals surface area contributed by atoms with Gasteiger partial charge >= 0.3 is 18.1 Å². The molecule has 9 heteroatoms. The highest BCUT2D eigenvalue weighted by Crippen LogP contribution is 2.38. The average Bonchev–Trinajstić information content (AvgIpc) is 2.90. The highest BCUT2D eigenvalue weighted by molar-refractivity contribution is 6.02.